The van der Waals surface area contributed by atoms with E-state index in [0.29, 0.717) is 6.42 Å². The van der Waals surface area contributed by atoms with Crippen molar-refractivity contribution in [3.63, 3.8) is 0 Å². The van der Waals surface area contributed by atoms with Crippen LogP contribution in [0.3, 0.4) is 0 Å². The fourth-order valence-electron chi connectivity index (χ4n) is 0.391. The van der Waals surface area contributed by atoms with Crippen LogP contribution in [-0.4, -0.2) is 31.4 Å². The second-order valence-corrected chi connectivity index (χ2v) is 2.47. The molecular formula is C5H9NaO2Se. The molecule has 0 fully saturated rings. The van der Waals surface area contributed by atoms with Gasteiger partial charge in [-0.15, -0.1) is 0 Å². The van der Waals surface area contributed by atoms with Crippen molar-refractivity contribution in [1.82, 2.24) is 0 Å². The summed E-state index contributed by atoms with van der Waals surface area (Å²) in [6, 6.07) is 0. The first-order valence-corrected chi connectivity index (χ1v) is 3.43. The van der Waals surface area contributed by atoms with Crippen molar-refractivity contribution in [2.75, 3.05) is 0 Å². The molecule has 0 aromatic heterocycles. The Morgan fingerprint density at radius 1 is 1.78 bits per heavy atom. The normalized spacial score (nSPS) is 11.8. The largest absolute Gasteiger partial charge is 1.00 e. The minimum absolute atomic E-state index is 0. The predicted molar refractivity (Wildman–Crippen MR) is 31.7 cm³/mol. The summed E-state index contributed by atoms with van der Waals surface area (Å²) in [5.74, 6) is 0. The molecule has 0 aromatic carbocycles. The zero-order chi connectivity index (χ0) is 6.57. The molecule has 9 heavy (non-hydrogen) atoms. The van der Waals surface area contributed by atoms with E-state index in [4.69, 9.17) is 5.11 Å². The number of aliphatic hydroxyl groups is 1. The fourth-order valence-corrected chi connectivity index (χ4v) is 0.639. The van der Waals surface area contributed by atoms with Gasteiger partial charge in [0, 0.05) is 0 Å². The summed E-state index contributed by atoms with van der Waals surface area (Å²) in [6.07, 6.45) is 0.625. The molecule has 0 heterocycles. The third-order valence-corrected chi connectivity index (χ3v) is 1.41. The molecule has 1 N–H and O–H groups in total. The van der Waals surface area contributed by atoms with E-state index in [1.807, 2.05) is 6.92 Å². The van der Waals surface area contributed by atoms with Crippen LogP contribution in [0.5, 0.6) is 0 Å². The summed E-state index contributed by atoms with van der Waals surface area (Å²) in [5.41, 5.74) is 0. The molecule has 0 saturated heterocycles. The quantitative estimate of drug-likeness (QED) is 0.473. The van der Waals surface area contributed by atoms with Crippen molar-refractivity contribution in [2.24, 2.45) is 0 Å². The maximum absolute atomic E-state index is 10.2. The van der Waals surface area contributed by atoms with E-state index in [2.05, 4.69) is 15.6 Å². The maximum atomic E-state index is 10.2. The molecule has 0 aliphatic rings. The first kappa shape index (κ1) is 12.8. The van der Waals surface area contributed by atoms with Crippen molar-refractivity contribution in [3.8, 4) is 0 Å². The minimum atomic E-state index is -0.778. The summed E-state index contributed by atoms with van der Waals surface area (Å²) in [6.45, 7) is 1.92. The fraction of sp³-hybridized carbons (Fsp3) is 0.800. The third kappa shape index (κ3) is 7.04. The van der Waals surface area contributed by atoms with E-state index in [-0.39, 0.29) is 34.2 Å². The third-order valence-electron chi connectivity index (χ3n) is 0.834. The molecule has 4 heteroatoms. The Bertz CT molecular complexity index is 87.0. The Kier molecular flexibility index (Phi) is 10.3. The van der Waals surface area contributed by atoms with Crippen LogP contribution >= 0.6 is 0 Å². The van der Waals surface area contributed by atoms with Gasteiger partial charge in [-0.3, -0.25) is 0 Å². The van der Waals surface area contributed by atoms with Gasteiger partial charge in [0.2, 0.25) is 0 Å². The molecule has 0 aliphatic heterocycles. The van der Waals surface area contributed by atoms with Crippen LogP contribution in [0, 0.1) is 0 Å². The topological polar surface area (TPSA) is 43.3 Å². The van der Waals surface area contributed by atoms with Gasteiger partial charge >= 0.3 is 85.8 Å². The van der Waals surface area contributed by atoms with Gasteiger partial charge in [-0.25, -0.2) is 0 Å². The zero-order valence-corrected chi connectivity index (χ0v) is 9.47. The van der Waals surface area contributed by atoms with E-state index < -0.39 is 6.10 Å². The molecule has 0 spiro atoms. The molecule has 0 amide bonds. The van der Waals surface area contributed by atoms with Crippen molar-refractivity contribution in [1.29, 1.82) is 0 Å². The summed E-state index contributed by atoms with van der Waals surface area (Å²) >= 11 is 2.24. The molecule has 0 rings (SSSR count). The van der Waals surface area contributed by atoms with Gasteiger partial charge in [-0.05, 0) is 0 Å². The monoisotopic (exact) mass is 204 g/mol. The van der Waals surface area contributed by atoms with Crippen LogP contribution in [0.25, 0.3) is 0 Å². The van der Waals surface area contributed by atoms with Gasteiger partial charge in [0.25, 0.3) is 0 Å². The first-order valence-electron chi connectivity index (χ1n) is 2.57. The molecule has 0 unspecified atom stereocenters. The van der Waals surface area contributed by atoms with Crippen LogP contribution in [-0.2, 0) is 0 Å². The van der Waals surface area contributed by atoms with E-state index >= 15 is 0 Å². The molecule has 0 radical (unpaired) electrons. The Hall–Kier alpha value is 1.15. The number of hydrogen-bond acceptors (Lipinski definition) is 2. The summed E-state index contributed by atoms with van der Waals surface area (Å²) in [5, 5.41) is 19.0. The smallest absolute Gasteiger partial charge is 1.00 e. The van der Waals surface area contributed by atoms with Gasteiger partial charge in [0.15, 0.2) is 0 Å². The van der Waals surface area contributed by atoms with Crippen LogP contribution in [0.1, 0.15) is 19.8 Å². The average molecular weight is 203 g/mol. The predicted octanol–water partition coefficient (Wildman–Crippen LogP) is -4.19. The number of aliphatic hydroxyl groups excluding tert-OH is 1. The summed E-state index contributed by atoms with van der Waals surface area (Å²) < 4.78 is -0.258. The SMILES string of the molecule is CCC[C@H](O)C([O-])=[Se].[Na+]. The van der Waals surface area contributed by atoms with Crippen molar-refractivity contribution >= 4 is 20.2 Å². The van der Waals surface area contributed by atoms with E-state index in [1.54, 1.807) is 0 Å². The molecule has 0 aliphatic carbocycles. The van der Waals surface area contributed by atoms with E-state index in [1.165, 1.54) is 0 Å². The minimum Gasteiger partial charge on any atom is 1.00 e. The van der Waals surface area contributed by atoms with Crippen LogP contribution in [0.2, 0.25) is 0 Å². The van der Waals surface area contributed by atoms with Gasteiger partial charge in [0.1, 0.15) is 0 Å². The Balaban J connectivity index is 0. The average Bonchev–Trinajstić information content (AvgIpc) is 1.67. The number of rotatable bonds is 3. The Labute approximate surface area is 85.3 Å². The van der Waals surface area contributed by atoms with Crippen molar-refractivity contribution < 1.29 is 39.8 Å². The summed E-state index contributed by atoms with van der Waals surface area (Å²) in [4.78, 5) is 0. The maximum Gasteiger partial charge on any atom is 1.00 e. The molecule has 2 nitrogen and oxygen atoms in total. The van der Waals surface area contributed by atoms with Crippen molar-refractivity contribution in [3.05, 3.63) is 0 Å². The Morgan fingerprint density at radius 3 is 2.33 bits per heavy atom. The van der Waals surface area contributed by atoms with Gasteiger partial charge in [0.05, 0.1) is 0 Å². The zero-order valence-electron chi connectivity index (χ0n) is 5.76. The van der Waals surface area contributed by atoms with Gasteiger partial charge in [-0.2, -0.15) is 0 Å². The molecule has 0 bridgehead atoms. The van der Waals surface area contributed by atoms with E-state index in [0.717, 1.165) is 6.42 Å². The molecule has 0 saturated carbocycles. The van der Waals surface area contributed by atoms with E-state index in [9.17, 15) is 5.11 Å². The molecule has 0 aromatic rings. The molecule has 1 atom stereocenters. The standard InChI is InChI=1S/C5H10O2Se.Na/c1-2-3-4(6)5(7)8;/h4,6H,2-3H2,1H3,(H,7,8);/q;+1/p-1/t4-;/m0./s1. The second kappa shape index (κ2) is 7.26. The van der Waals surface area contributed by atoms with Crippen LogP contribution < -0.4 is 34.7 Å². The first-order chi connectivity index (χ1) is 3.68. The second-order valence-electron chi connectivity index (χ2n) is 1.62. The summed E-state index contributed by atoms with van der Waals surface area (Å²) in [7, 11) is 0. The van der Waals surface area contributed by atoms with Crippen molar-refractivity contribution in [2.45, 2.75) is 25.9 Å². The van der Waals surface area contributed by atoms with Gasteiger partial charge in [-0.1, -0.05) is 0 Å². The molecular weight excluding hydrogens is 194 g/mol. The van der Waals surface area contributed by atoms with Crippen LogP contribution in [0.15, 0.2) is 0 Å². The number of hydrogen-bond donors (Lipinski definition) is 1. The Morgan fingerprint density at radius 2 is 2.22 bits per heavy atom. The van der Waals surface area contributed by atoms with Crippen LogP contribution in [0.4, 0.5) is 0 Å². The molecule has 48 valence electrons. The van der Waals surface area contributed by atoms with Gasteiger partial charge < -0.3 is 0 Å².